The summed E-state index contributed by atoms with van der Waals surface area (Å²) in [6, 6.07) is 3.69. The Labute approximate surface area is 130 Å². The molecule has 1 aromatic heterocycles. The summed E-state index contributed by atoms with van der Waals surface area (Å²) in [4.78, 5) is 23.1. The molecule has 0 fully saturated rings. The van der Waals surface area contributed by atoms with E-state index in [1.807, 2.05) is 31.4 Å². The molecule has 0 aliphatic rings. The fourth-order valence-corrected chi connectivity index (χ4v) is 2.66. The molecule has 0 unspecified atom stereocenters. The van der Waals surface area contributed by atoms with E-state index in [0.717, 1.165) is 36.6 Å². The van der Waals surface area contributed by atoms with Crippen LogP contribution in [0.15, 0.2) is 18.3 Å². The van der Waals surface area contributed by atoms with Gasteiger partial charge in [0.2, 0.25) is 0 Å². The monoisotopic (exact) mass is 301 g/mol. The second-order valence-electron chi connectivity index (χ2n) is 6.72. The summed E-state index contributed by atoms with van der Waals surface area (Å²) < 4.78 is 1.90. The number of aromatic carboxylic acids is 1. The fourth-order valence-electron chi connectivity index (χ4n) is 2.66. The van der Waals surface area contributed by atoms with Crippen molar-refractivity contribution in [3.63, 3.8) is 0 Å². The van der Waals surface area contributed by atoms with E-state index < -0.39 is 5.97 Å². The van der Waals surface area contributed by atoms with Crippen LogP contribution in [0.2, 0.25) is 0 Å². The minimum atomic E-state index is -0.954. The summed E-state index contributed by atoms with van der Waals surface area (Å²) in [7, 11) is 0. The molecule has 22 heavy (non-hydrogen) atoms. The molecule has 2 aromatic rings. The maximum Gasteiger partial charge on any atom is 0.337 e. The third kappa shape index (κ3) is 2.91. The van der Waals surface area contributed by atoms with E-state index in [9.17, 15) is 14.7 Å². The normalized spacial score (nSPS) is 11.8. The van der Waals surface area contributed by atoms with Crippen molar-refractivity contribution in [1.29, 1.82) is 0 Å². The first-order chi connectivity index (χ1) is 10.3. The third-order valence-corrected chi connectivity index (χ3v) is 3.98. The van der Waals surface area contributed by atoms with Crippen LogP contribution in [0.3, 0.4) is 0 Å². The van der Waals surface area contributed by atoms with Gasteiger partial charge in [0.15, 0.2) is 6.29 Å². The number of rotatable bonds is 5. The van der Waals surface area contributed by atoms with Gasteiger partial charge in [-0.05, 0) is 29.5 Å². The number of hydrogen-bond acceptors (Lipinski definition) is 2. The largest absolute Gasteiger partial charge is 0.478 e. The highest BCUT2D eigenvalue weighted by Crippen LogP contribution is 2.32. The first-order valence-electron chi connectivity index (χ1n) is 7.65. The Bertz CT molecular complexity index is 720. The van der Waals surface area contributed by atoms with Gasteiger partial charge in [0.1, 0.15) is 0 Å². The van der Waals surface area contributed by atoms with Gasteiger partial charge in [-0.15, -0.1) is 0 Å². The van der Waals surface area contributed by atoms with E-state index in [4.69, 9.17) is 0 Å². The Morgan fingerprint density at radius 3 is 2.50 bits per heavy atom. The smallest absolute Gasteiger partial charge is 0.337 e. The number of carboxylic acids is 1. The molecule has 0 saturated carbocycles. The molecule has 118 valence electrons. The Hall–Kier alpha value is -2.10. The van der Waals surface area contributed by atoms with E-state index in [0.29, 0.717) is 11.1 Å². The average Bonchev–Trinajstić information content (AvgIpc) is 2.81. The van der Waals surface area contributed by atoms with Gasteiger partial charge in [-0.25, -0.2) is 4.79 Å². The Kier molecular flexibility index (Phi) is 4.40. The summed E-state index contributed by atoms with van der Waals surface area (Å²) >= 11 is 0. The second-order valence-corrected chi connectivity index (χ2v) is 6.72. The number of aldehydes is 1. The molecule has 0 spiro atoms. The lowest BCUT2D eigenvalue weighted by atomic mass is 9.85. The zero-order valence-electron chi connectivity index (χ0n) is 13.6. The molecular weight excluding hydrogens is 278 g/mol. The van der Waals surface area contributed by atoms with Gasteiger partial charge in [0.25, 0.3) is 0 Å². The van der Waals surface area contributed by atoms with Crippen LogP contribution in [0.25, 0.3) is 10.9 Å². The summed E-state index contributed by atoms with van der Waals surface area (Å²) in [6.45, 7) is 8.91. The van der Waals surface area contributed by atoms with Crippen LogP contribution in [-0.4, -0.2) is 21.9 Å². The second kappa shape index (κ2) is 5.95. The number of benzene rings is 1. The lowest BCUT2D eigenvalue weighted by molar-refractivity contribution is 0.0698. The van der Waals surface area contributed by atoms with Crippen molar-refractivity contribution in [2.24, 2.45) is 0 Å². The first-order valence-corrected chi connectivity index (χ1v) is 7.65. The van der Waals surface area contributed by atoms with E-state index >= 15 is 0 Å². The molecule has 2 rings (SSSR count). The molecule has 0 atom stereocenters. The number of fused-ring (bicyclic) bond motifs is 1. The number of nitrogens with zero attached hydrogens (tertiary/aromatic N) is 1. The molecule has 1 aromatic carbocycles. The SMILES string of the molecule is CCCCn1cc(C=O)c2cc(C(C)(C)C)cc(C(=O)O)c21. The molecule has 0 aliphatic heterocycles. The third-order valence-electron chi connectivity index (χ3n) is 3.98. The minimum absolute atomic E-state index is 0.177. The topological polar surface area (TPSA) is 59.3 Å². The number of carbonyl (C=O) groups excluding carboxylic acids is 1. The molecule has 4 nitrogen and oxygen atoms in total. The Balaban J connectivity index is 2.81. The van der Waals surface area contributed by atoms with Crippen molar-refractivity contribution in [2.75, 3.05) is 0 Å². The molecule has 0 radical (unpaired) electrons. The zero-order chi connectivity index (χ0) is 16.5. The summed E-state index contributed by atoms with van der Waals surface area (Å²) in [6.07, 6.45) is 4.54. The van der Waals surface area contributed by atoms with Gasteiger partial charge in [-0.2, -0.15) is 0 Å². The van der Waals surface area contributed by atoms with E-state index in [1.165, 1.54) is 0 Å². The maximum absolute atomic E-state index is 11.7. The van der Waals surface area contributed by atoms with Gasteiger partial charge in [0.05, 0.1) is 11.1 Å². The fraction of sp³-hybridized carbons (Fsp3) is 0.444. The molecule has 0 amide bonds. The van der Waals surface area contributed by atoms with Gasteiger partial charge in [-0.1, -0.05) is 34.1 Å². The molecule has 0 bridgehead atoms. The van der Waals surface area contributed by atoms with Crippen LogP contribution in [0, 0.1) is 0 Å². The van der Waals surface area contributed by atoms with Crippen molar-refractivity contribution >= 4 is 23.2 Å². The van der Waals surface area contributed by atoms with Crippen LogP contribution >= 0.6 is 0 Å². The van der Waals surface area contributed by atoms with Crippen molar-refractivity contribution in [2.45, 2.75) is 52.5 Å². The van der Waals surface area contributed by atoms with Crippen molar-refractivity contribution < 1.29 is 14.7 Å². The predicted molar refractivity (Wildman–Crippen MR) is 87.9 cm³/mol. The van der Waals surface area contributed by atoms with Crippen LogP contribution in [0.5, 0.6) is 0 Å². The summed E-state index contributed by atoms with van der Waals surface area (Å²) in [5.41, 5.74) is 2.22. The zero-order valence-corrected chi connectivity index (χ0v) is 13.6. The highest BCUT2D eigenvalue weighted by Gasteiger charge is 2.22. The first kappa shape index (κ1) is 16.3. The van der Waals surface area contributed by atoms with Crippen LogP contribution in [0.4, 0.5) is 0 Å². The Morgan fingerprint density at radius 2 is 2.00 bits per heavy atom. The van der Waals surface area contributed by atoms with Gasteiger partial charge >= 0.3 is 5.97 Å². The number of aryl methyl sites for hydroxylation is 1. The van der Waals surface area contributed by atoms with Gasteiger partial charge in [0, 0.05) is 23.7 Å². The number of aromatic nitrogens is 1. The molecule has 1 heterocycles. The quantitative estimate of drug-likeness (QED) is 0.840. The number of carbonyl (C=O) groups is 2. The van der Waals surface area contributed by atoms with E-state index in [2.05, 4.69) is 6.92 Å². The lowest BCUT2D eigenvalue weighted by Crippen LogP contribution is -2.13. The average molecular weight is 301 g/mol. The standard InChI is InChI=1S/C18H23NO3/c1-5-6-7-19-10-12(11-20)14-8-13(18(2,3)4)9-15(16(14)19)17(21)22/h8-11H,5-7H2,1-4H3,(H,21,22). The van der Waals surface area contributed by atoms with Crippen molar-refractivity contribution in [1.82, 2.24) is 4.57 Å². The molecule has 1 N–H and O–H groups in total. The molecule has 0 saturated heterocycles. The van der Waals surface area contributed by atoms with Crippen molar-refractivity contribution in [3.8, 4) is 0 Å². The van der Waals surface area contributed by atoms with Crippen LogP contribution < -0.4 is 0 Å². The van der Waals surface area contributed by atoms with Gasteiger partial charge in [-0.3, -0.25) is 4.79 Å². The predicted octanol–water partition coefficient (Wildman–Crippen LogP) is 4.25. The summed E-state index contributed by atoms with van der Waals surface area (Å²) in [5.74, 6) is -0.954. The van der Waals surface area contributed by atoms with Crippen LogP contribution in [-0.2, 0) is 12.0 Å². The maximum atomic E-state index is 11.7. The van der Waals surface area contributed by atoms with E-state index in [-0.39, 0.29) is 11.0 Å². The summed E-state index contributed by atoms with van der Waals surface area (Å²) in [5, 5.41) is 10.3. The van der Waals surface area contributed by atoms with Crippen LogP contribution in [0.1, 0.15) is 66.8 Å². The molecular formula is C18H23NO3. The lowest BCUT2D eigenvalue weighted by Gasteiger charge is -2.20. The minimum Gasteiger partial charge on any atom is -0.478 e. The molecule has 4 heteroatoms. The highest BCUT2D eigenvalue weighted by atomic mass is 16.4. The number of carboxylic acid groups (broad SMARTS) is 1. The number of unbranched alkanes of at least 4 members (excludes halogenated alkanes) is 1. The van der Waals surface area contributed by atoms with Crippen molar-refractivity contribution in [3.05, 3.63) is 35.0 Å². The van der Waals surface area contributed by atoms with E-state index in [1.54, 1.807) is 12.3 Å². The Morgan fingerprint density at radius 1 is 1.32 bits per heavy atom. The van der Waals surface area contributed by atoms with Gasteiger partial charge < -0.3 is 9.67 Å². The molecule has 0 aliphatic carbocycles. The number of hydrogen-bond donors (Lipinski definition) is 1. The highest BCUT2D eigenvalue weighted by molar-refractivity contribution is 6.08.